The van der Waals surface area contributed by atoms with Gasteiger partial charge in [-0.1, -0.05) is 41.6 Å². The van der Waals surface area contributed by atoms with Crippen molar-refractivity contribution in [2.24, 2.45) is 0 Å². The van der Waals surface area contributed by atoms with Gasteiger partial charge in [-0.25, -0.2) is 4.39 Å². The summed E-state index contributed by atoms with van der Waals surface area (Å²) in [5, 5.41) is 11.0. The van der Waals surface area contributed by atoms with Crippen LogP contribution in [-0.2, 0) is 4.79 Å². The molecule has 0 atom stereocenters. The lowest BCUT2D eigenvalue weighted by atomic mass is 10.2. The quantitative estimate of drug-likeness (QED) is 0.324. The maximum Gasteiger partial charge on any atom is 0.288 e. The van der Waals surface area contributed by atoms with E-state index in [0.29, 0.717) is 20.5 Å². The van der Waals surface area contributed by atoms with Gasteiger partial charge in [0.1, 0.15) is 10.8 Å². The molecule has 0 radical (unpaired) electrons. The smallest absolute Gasteiger partial charge is 0.268 e. The second kappa shape index (κ2) is 6.91. The maximum atomic E-state index is 13.0. The minimum Gasteiger partial charge on any atom is -0.268 e. The summed E-state index contributed by atoms with van der Waals surface area (Å²) in [4.78, 5) is 24.6. The normalized spacial score (nSPS) is 15.9. The molecule has 1 aliphatic heterocycles. The van der Waals surface area contributed by atoms with E-state index in [2.05, 4.69) is 0 Å². The summed E-state index contributed by atoms with van der Waals surface area (Å²) in [7, 11) is 0. The monoisotopic (exact) mass is 394 g/mol. The Hall–Kier alpha value is -2.29. The van der Waals surface area contributed by atoms with E-state index in [4.69, 9.17) is 23.8 Å². The van der Waals surface area contributed by atoms with Crippen LogP contribution in [0.2, 0.25) is 5.02 Å². The first-order valence-electron chi connectivity index (χ1n) is 6.84. The number of anilines is 1. The Balaban J connectivity index is 1.94. The Morgan fingerprint density at radius 1 is 1.24 bits per heavy atom. The van der Waals surface area contributed by atoms with Crippen molar-refractivity contribution in [1.29, 1.82) is 0 Å². The maximum absolute atomic E-state index is 13.0. The molecule has 0 aliphatic carbocycles. The molecule has 0 saturated carbocycles. The van der Waals surface area contributed by atoms with Crippen LogP contribution < -0.4 is 4.90 Å². The average molecular weight is 395 g/mol. The fraction of sp³-hybridized carbons (Fsp3) is 0. The van der Waals surface area contributed by atoms with Crippen molar-refractivity contribution in [2.75, 3.05) is 4.90 Å². The Morgan fingerprint density at radius 2 is 1.92 bits per heavy atom. The zero-order chi connectivity index (χ0) is 18.1. The molecule has 1 fully saturated rings. The van der Waals surface area contributed by atoms with Crippen molar-refractivity contribution >= 4 is 63.3 Å². The number of benzene rings is 2. The minimum absolute atomic E-state index is 0.0148. The van der Waals surface area contributed by atoms with Crippen LogP contribution in [0.4, 0.5) is 15.8 Å². The number of carbonyl (C=O) groups is 1. The molecule has 2 aromatic carbocycles. The highest BCUT2D eigenvalue weighted by molar-refractivity contribution is 8.27. The SMILES string of the molecule is O=C1/C(=C/c2ccc(Cl)c([N+](=O)[O-])c2)SC(=S)N1c1ccc(F)cc1. The number of nitrogens with zero attached hydrogens (tertiary/aromatic N) is 2. The number of nitro groups is 1. The van der Waals surface area contributed by atoms with Crippen molar-refractivity contribution in [3.05, 3.63) is 73.9 Å². The molecule has 0 N–H and O–H groups in total. The number of hydrogen-bond donors (Lipinski definition) is 0. The van der Waals surface area contributed by atoms with Crippen LogP contribution in [0.5, 0.6) is 0 Å². The van der Waals surface area contributed by atoms with Crippen LogP contribution in [-0.4, -0.2) is 15.2 Å². The molecule has 0 unspecified atom stereocenters. The second-order valence-corrected chi connectivity index (χ2v) is 7.04. The van der Waals surface area contributed by atoms with Gasteiger partial charge in [0.15, 0.2) is 4.32 Å². The third kappa shape index (κ3) is 3.55. The number of nitro benzene ring substituents is 1. The molecule has 1 aliphatic rings. The number of thioether (sulfide) groups is 1. The number of carbonyl (C=O) groups excluding carboxylic acids is 1. The summed E-state index contributed by atoms with van der Waals surface area (Å²) >= 11 is 12.1. The largest absolute Gasteiger partial charge is 0.288 e. The molecule has 0 bridgehead atoms. The number of thiocarbonyl (C=S) groups is 1. The lowest BCUT2D eigenvalue weighted by molar-refractivity contribution is -0.384. The van der Waals surface area contributed by atoms with E-state index in [0.717, 1.165) is 11.8 Å². The van der Waals surface area contributed by atoms with Crippen molar-refractivity contribution in [2.45, 2.75) is 0 Å². The van der Waals surface area contributed by atoms with Gasteiger partial charge in [0.25, 0.3) is 11.6 Å². The van der Waals surface area contributed by atoms with E-state index in [9.17, 15) is 19.3 Å². The number of halogens is 2. The molecular formula is C16H8ClFN2O3S2. The highest BCUT2D eigenvalue weighted by atomic mass is 35.5. The average Bonchev–Trinajstić information content (AvgIpc) is 2.84. The standard InChI is InChI=1S/C16H8ClFN2O3S2/c17-12-6-1-9(7-13(12)20(22)23)8-14-15(21)19(16(24)25-14)11-4-2-10(18)3-5-11/h1-8H/b14-8-. The third-order valence-corrected chi connectivity index (χ3v) is 4.96. The molecule has 1 amide bonds. The van der Waals surface area contributed by atoms with E-state index < -0.39 is 10.7 Å². The summed E-state index contributed by atoms with van der Waals surface area (Å²) in [5.41, 5.74) is 0.662. The molecule has 5 nitrogen and oxygen atoms in total. The van der Waals surface area contributed by atoms with Crippen molar-refractivity contribution in [3.63, 3.8) is 0 Å². The highest BCUT2D eigenvalue weighted by Gasteiger charge is 2.33. The number of rotatable bonds is 3. The Bertz CT molecular complexity index is 931. The van der Waals surface area contributed by atoms with Crippen molar-refractivity contribution in [1.82, 2.24) is 0 Å². The predicted octanol–water partition coefficient (Wildman–Crippen LogP) is 4.79. The molecule has 0 spiro atoms. The third-order valence-electron chi connectivity index (χ3n) is 3.34. The Labute approximate surface area is 156 Å². The highest BCUT2D eigenvalue weighted by Crippen LogP contribution is 2.36. The van der Waals surface area contributed by atoms with Crippen LogP contribution in [0.1, 0.15) is 5.56 Å². The van der Waals surface area contributed by atoms with Gasteiger partial charge in [0.2, 0.25) is 0 Å². The Kier molecular flexibility index (Phi) is 4.85. The van der Waals surface area contributed by atoms with E-state index in [1.165, 1.54) is 47.4 Å². The number of hydrogen-bond acceptors (Lipinski definition) is 5. The van der Waals surface area contributed by atoms with Gasteiger partial charge >= 0.3 is 0 Å². The van der Waals surface area contributed by atoms with Crippen LogP contribution in [0.15, 0.2) is 47.4 Å². The summed E-state index contributed by atoms with van der Waals surface area (Å²) in [6, 6.07) is 9.63. The second-order valence-electron chi connectivity index (χ2n) is 4.96. The molecule has 2 aromatic rings. The van der Waals surface area contributed by atoms with Crippen molar-refractivity contribution in [3.8, 4) is 0 Å². The molecule has 126 valence electrons. The molecular weight excluding hydrogens is 387 g/mol. The van der Waals surface area contributed by atoms with Crippen LogP contribution in [0, 0.1) is 15.9 Å². The summed E-state index contributed by atoms with van der Waals surface area (Å²) in [6.45, 7) is 0. The summed E-state index contributed by atoms with van der Waals surface area (Å²) in [5.74, 6) is -0.794. The lowest BCUT2D eigenvalue weighted by Gasteiger charge is -2.14. The van der Waals surface area contributed by atoms with Gasteiger partial charge < -0.3 is 0 Å². The van der Waals surface area contributed by atoms with Crippen LogP contribution >= 0.6 is 35.6 Å². The lowest BCUT2D eigenvalue weighted by Crippen LogP contribution is -2.27. The predicted molar refractivity (Wildman–Crippen MR) is 100 cm³/mol. The fourth-order valence-electron chi connectivity index (χ4n) is 2.19. The van der Waals surface area contributed by atoms with E-state index in [-0.39, 0.29) is 16.6 Å². The zero-order valence-corrected chi connectivity index (χ0v) is 14.7. The molecule has 0 aromatic heterocycles. The van der Waals surface area contributed by atoms with Gasteiger partial charge in [0, 0.05) is 6.07 Å². The van der Waals surface area contributed by atoms with Gasteiger partial charge in [-0.05, 0) is 42.0 Å². The first-order valence-corrected chi connectivity index (χ1v) is 8.44. The van der Waals surface area contributed by atoms with Gasteiger partial charge in [-0.2, -0.15) is 0 Å². The first-order chi connectivity index (χ1) is 11.9. The van der Waals surface area contributed by atoms with Gasteiger partial charge in [-0.15, -0.1) is 0 Å². The number of amides is 1. The molecule has 3 rings (SSSR count). The van der Waals surface area contributed by atoms with E-state index >= 15 is 0 Å². The van der Waals surface area contributed by atoms with Crippen molar-refractivity contribution < 1.29 is 14.1 Å². The summed E-state index contributed by atoms with van der Waals surface area (Å²) < 4.78 is 13.3. The first kappa shape index (κ1) is 17.5. The molecule has 25 heavy (non-hydrogen) atoms. The fourth-order valence-corrected chi connectivity index (χ4v) is 3.68. The van der Waals surface area contributed by atoms with Crippen LogP contribution in [0.25, 0.3) is 6.08 Å². The Morgan fingerprint density at radius 3 is 2.56 bits per heavy atom. The summed E-state index contributed by atoms with van der Waals surface area (Å²) in [6.07, 6.45) is 1.51. The minimum atomic E-state index is -0.594. The van der Waals surface area contributed by atoms with Gasteiger partial charge in [0.05, 0.1) is 15.5 Å². The van der Waals surface area contributed by atoms with Crippen LogP contribution in [0.3, 0.4) is 0 Å². The topological polar surface area (TPSA) is 63.4 Å². The van der Waals surface area contributed by atoms with Gasteiger partial charge in [-0.3, -0.25) is 19.8 Å². The molecule has 1 heterocycles. The van der Waals surface area contributed by atoms with E-state index in [1.807, 2.05) is 0 Å². The van der Waals surface area contributed by atoms with E-state index in [1.54, 1.807) is 6.07 Å². The zero-order valence-electron chi connectivity index (χ0n) is 12.3. The molecule has 1 saturated heterocycles. The molecule has 9 heteroatoms.